The number of nitriles is 1. The third-order valence-electron chi connectivity index (χ3n) is 8.23. The number of hydrogen-bond donors (Lipinski definition) is 0. The third kappa shape index (κ3) is 5.45. The Hall–Kier alpha value is -5.67. The Morgan fingerprint density at radius 3 is 2.36 bits per heavy atom. The van der Waals surface area contributed by atoms with Gasteiger partial charge in [0.2, 0.25) is 5.89 Å². The number of oxazole rings is 1. The number of aryl methyl sites for hydroxylation is 1. The summed E-state index contributed by atoms with van der Waals surface area (Å²) in [7, 11) is 0. The number of fused-ring (bicyclic) bond motifs is 2. The second-order valence-corrected chi connectivity index (χ2v) is 12.4. The van der Waals surface area contributed by atoms with Crippen molar-refractivity contribution in [2.45, 2.75) is 33.6 Å². The summed E-state index contributed by atoms with van der Waals surface area (Å²) in [5.41, 5.74) is 7.76. The highest BCUT2D eigenvalue weighted by Gasteiger charge is 2.30. The normalized spacial score (nSPS) is 15.5. The topological polar surface area (TPSA) is 83.3 Å². The minimum Gasteiger partial charge on any atom is -0.435 e. The lowest BCUT2D eigenvalue weighted by Crippen LogP contribution is -2.20. The average molecular weight is 590 g/mol. The van der Waals surface area contributed by atoms with Gasteiger partial charge in [-0.3, -0.25) is 0 Å². The van der Waals surface area contributed by atoms with E-state index in [1.807, 2.05) is 78.9 Å². The molecule has 0 aliphatic heterocycles. The summed E-state index contributed by atoms with van der Waals surface area (Å²) >= 11 is 0. The van der Waals surface area contributed by atoms with Crippen LogP contribution in [0.15, 0.2) is 128 Å². The van der Waals surface area contributed by atoms with E-state index in [4.69, 9.17) is 8.83 Å². The molecule has 0 spiro atoms. The predicted octanol–water partition coefficient (Wildman–Crippen LogP) is 9.89. The van der Waals surface area contributed by atoms with Crippen LogP contribution in [0.5, 0.6) is 0 Å². The van der Waals surface area contributed by atoms with Crippen LogP contribution >= 0.6 is 0 Å². The smallest absolute Gasteiger partial charge is 0.343 e. The number of allylic oxidation sites excluding steroid dienone is 4. The first-order valence-electron chi connectivity index (χ1n) is 15.0. The maximum atomic E-state index is 13.6. The van der Waals surface area contributed by atoms with Crippen molar-refractivity contribution < 1.29 is 8.83 Å². The van der Waals surface area contributed by atoms with Crippen molar-refractivity contribution in [3.8, 4) is 6.07 Å². The lowest BCUT2D eigenvalue weighted by atomic mass is 9.73. The molecule has 0 N–H and O–H groups in total. The molecule has 6 aromatic rings. The van der Waals surface area contributed by atoms with E-state index in [2.05, 4.69) is 67.1 Å². The number of hydrogen-bond acceptors (Lipinski definition) is 6. The van der Waals surface area contributed by atoms with Gasteiger partial charge in [-0.05, 0) is 96.5 Å². The van der Waals surface area contributed by atoms with Crippen LogP contribution in [0.25, 0.3) is 33.2 Å². The molecule has 4 aromatic carbocycles. The van der Waals surface area contributed by atoms with E-state index in [0.29, 0.717) is 40.7 Å². The molecule has 6 heteroatoms. The van der Waals surface area contributed by atoms with Crippen molar-refractivity contribution >= 4 is 50.3 Å². The van der Waals surface area contributed by atoms with E-state index in [1.165, 1.54) is 0 Å². The molecule has 6 nitrogen and oxygen atoms in total. The molecular weight excluding hydrogens is 558 g/mol. The van der Waals surface area contributed by atoms with E-state index in [1.54, 1.807) is 0 Å². The number of anilines is 3. The Morgan fingerprint density at radius 1 is 0.822 bits per heavy atom. The van der Waals surface area contributed by atoms with Crippen molar-refractivity contribution in [3.63, 3.8) is 0 Å². The summed E-state index contributed by atoms with van der Waals surface area (Å²) in [6.07, 6.45) is 3.25. The van der Waals surface area contributed by atoms with Crippen molar-refractivity contribution in [1.29, 1.82) is 5.26 Å². The highest BCUT2D eigenvalue weighted by molar-refractivity contribution is 5.89. The van der Waals surface area contributed by atoms with Crippen LogP contribution in [0.1, 0.15) is 43.7 Å². The molecule has 0 fully saturated rings. The Morgan fingerprint density at radius 2 is 1.58 bits per heavy atom. The van der Waals surface area contributed by atoms with Gasteiger partial charge in [0.1, 0.15) is 22.7 Å². The highest BCUT2D eigenvalue weighted by atomic mass is 16.4. The van der Waals surface area contributed by atoms with E-state index in [-0.39, 0.29) is 11.3 Å². The molecule has 2 aromatic heterocycles. The first-order chi connectivity index (χ1) is 21.8. The quantitative estimate of drug-likeness (QED) is 0.147. The summed E-state index contributed by atoms with van der Waals surface area (Å²) in [6, 6.07) is 36.1. The van der Waals surface area contributed by atoms with Gasteiger partial charge in [-0.2, -0.15) is 5.26 Å². The molecule has 0 atom stereocenters. The molecule has 0 bridgehead atoms. The average Bonchev–Trinajstić information content (AvgIpc) is 3.45. The van der Waals surface area contributed by atoms with Crippen LogP contribution in [0.2, 0.25) is 0 Å². The van der Waals surface area contributed by atoms with E-state index >= 15 is 0 Å². The summed E-state index contributed by atoms with van der Waals surface area (Å²) in [6.45, 7) is 6.35. The molecular formula is C39H31N3O3. The summed E-state index contributed by atoms with van der Waals surface area (Å²) in [4.78, 5) is 20.3. The second kappa shape index (κ2) is 11.1. The molecule has 0 saturated heterocycles. The van der Waals surface area contributed by atoms with Gasteiger partial charge < -0.3 is 13.7 Å². The Kier molecular flexibility index (Phi) is 6.94. The van der Waals surface area contributed by atoms with Gasteiger partial charge in [0.15, 0.2) is 5.58 Å². The molecule has 0 radical (unpaired) electrons. The van der Waals surface area contributed by atoms with Crippen molar-refractivity contribution in [2.24, 2.45) is 5.41 Å². The third-order valence-corrected chi connectivity index (χ3v) is 8.23. The fraction of sp³-hybridized carbons (Fsp3) is 0.154. The summed E-state index contributed by atoms with van der Waals surface area (Å²) in [5, 5.41) is 11.0. The SMILES string of the molecule is Cc1cccc(N(c2ccccc2)c2ccc3cc(C4=CC(=C(C#N)c5nc6ccccc6o5)CC(C)(C)C4)c(=O)oc3c2)c1. The van der Waals surface area contributed by atoms with Gasteiger partial charge in [0.25, 0.3) is 0 Å². The van der Waals surface area contributed by atoms with E-state index in [9.17, 15) is 10.1 Å². The monoisotopic (exact) mass is 589 g/mol. The fourth-order valence-corrected chi connectivity index (χ4v) is 6.23. The standard InChI is InChI=1S/C39H31N3O3/c1-25-10-9-13-30(18-25)42(29-11-5-4-6-12-29)31-17-16-26-20-32(38(43)45-36(26)21-31)27-19-28(23-39(2,3)22-27)33(24-40)37-41-34-14-7-8-15-35(34)44-37/h4-21H,22-23H2,1-3H3. The molecule has 2 heterocycles. The first-order valence-corrected chi connectivity index (χ1v) is 15.0. The van der Waals surface area contributed by atoms with Gasteiger partial charge in [-0.25, -0.2) is 9.78 Å². The highest BCUT2D eigenvalue weighted by Crippen LogP contribution is 2.44. The van der Waals surface area contributed by atoms with Gasteiger partial charge in [0.05, 0.1) is 5.56 Å². The minimum absolute atomic E-state index is 0.206. The van der Waals surface area contributed by atoms with E-state index < -0.39 is 5.63 Å². The van der Waals surface area contributed by atoms with Gasteiger partial charge in [-0.15, -0.1) is 0 Å². The lowest BCUT2D eigenvalue weighted by Gasteiger charge is -2.31. The minimum atomic E-state index is -0.412. The maximum Gasteiger partial charge on any atom is 0.343 e. The molecule has 0 unspecified atom stereocenters. The maximum absolute atomic E-state index is 13.6. The van der Waals surface area contributed by atoms with Gasteiger partial charge in [0, 0.05) is 28.5 Å². The molecule has 1 aliphatic carbocycles. The zero-order valence-corrected chi connectivity index (χ0v) is 25.4. The van der Waals surface area contributed by atoms with Crippen molar-refractivity contribution in [3.05, 3.63) is 142 Å². The number of para-hydroxylation sites is 3. The number of aromatic nitrogens is 1. The molecule has 45 heavy (non-hydrogen) atoms. The molecule has 0 amide bonds. The van der Waals surface area contributed by atoms with Crippen LogP contribution in [-0.4, -0.2) is 4.98 Å². The zero-order chi connectivity index (χ0) is 31.1. The van der Waals surface area contributed by atoms with Gasteiger partial charge >= 0.3 is 5.63 Å². The lowest BCUT2D eigenvalue weighted by molar-refractivity contribution is 0.369. The first kappa shape index (κ1) is 28.1. The largest absolute Gasteiger partial charge is 0.435 e. The molecule has 220 valence electrons. The Balaban J connectivity index is 1.32. The number of nitrogens with zero attached hydrogens (tertiary/aromatic N) is 3. The number of benzene rings is 4. The Labute approximate surface area is 261 Å². The summed E-state index contributed by atoms with van der Waals surface area (Å²) < 4.78 is 12.0. The van der Waals surface area contributed by atoms with Crippen LogP contribution < -0.4 is 10.5 Å². The predicted molar refractivity (Wildman–Crippen MR) is 179 cm³/mol. The second-order valence-electron chi connectivity index (χ2n) is 12.4. The van der Waals surface area contributed by atoms with Crippen molar-refractivity contribution in [2.75, 3.05) is 4.90 Å². The van der Waals surface area contributed by atoms with E-state index in [0.717, 1.165) is 39.2 Å². The van der Waals surface area contributed by atoms with Crippen LogP contribution in [0.3, 0.4) is 0 Å². The molecule has 7 rings (SSSR count). The van der Waals surface area contributed by atoms with Crippen LogP contribution in [-0.2, 0) is 0 Å². The Bertz CT molecular complexity index is 2210. The van der Waals surface area contributed by atoms with Gasteiger partial charge in [-0.1, -0.05) is 62.4 Å². The van der Waals surface area contributed by atoms with Crippen molar-refractivity contribution in [1.82, 2.24) is 4.98 Å². The summed E-state index contributed by atoms with van der Waals surface area (Å²) in [5.74, 6) is 0.289. The molecule has 0 saturated carbocycles. The van der Waals surface area contributed by atoms with Crippen LogP contribution in [0, 0.1) is 23.7 Å². The fourth-order valence-electron chi connectivity index (χ4n) is 6.23. The zero-order valence-electron chi connectivity index (χ0n) is 25.4. The van der Waals surface area contributed by atoms with Crippen LogP contribution in [0.4, 0.5) is 17.1 Å². The molecule has 1 aliphatic rings. The number of rotatable bonds is 5.